The average Bonchev–Trinajstić information content (AvgIpc) is 2.38. The molecule has 0 saturated heterocycles. The van der Waals surface area contributed by atoms with Crippen LogP contribution in [0.4, 0.5) is 0 Å². The molecule has 0 aliphatic rings. The van der Waals surface area contributed by atoms with Crippen LogP contribution in [0.2, 0.25) is 10.0 Å². The molecule has 0 aromatic heterocycles. The fourth-order valence-corrected chi connectivity index (χ4v) is 2.02. The van der Waals surface area contributed by atoms with E-state index in [1.54, 1.807) is 18.2 Å². The number of hydrogen-bond acceptors (Lipinski definition) is 2. The predicted molar refractivity (Wildman–Crippen MR) is 83.1 cm³/mol. The highest BCUT2D eigenvalue weighted by molar-refractivity contribution is 7.80. The van der Waals surface area contributed by atoms with Gasteiger partial charge in [0.05, 0.1) is 5.56 Å². The van der Waals surface area contributed by atoms with E-state index >= 15 is 0 Å². The van der Waals surface area contributed by atoms with Crippen molar-refractivity contribution in [1.29, 1.82) is 0 Å². The second-order valence-corrected chi connectivity index (χ2v) is 5.23. The number of benzene rings is 2. The van der Waals surface area contributed by atoms with Gasteiger partial charge >= 0.3 is 0 Å². The SMILES string of the molecule is NC(=S)c1ccc(Cl)cc1OCc1ccc(Cl)cc1. The molecule has 0 amide bonds. The fraction of sp³-hybridized carbons (Fsp3) is 0.0714. The summed E-state index contributed by atoms with van der Waals surface area (Å²) in [6.45, 7) is 0.396. The Bertz CT molecular complexity index is 599. The summed E-state index contributed by atoms with van der Waals surface area (Å²) in [4.78, 5) is 0.280. The second kappa shape index (κ2) is 6.24. The topological polar surface area (TPSA) is 35.2 Å². The van der Waals surface area contributed by atoms with Crippen molar-refractivity contribution in [2.24, 2.45) is 5.73 Å². The standard InChI is InChI=1S/C14H11Cl2NOS/c15-10-3-1-9(2-4-10)8-18-13-7-11(16)5-6-12(13)14(17)19/h1-7H,8H2,(H2,17,19). The molecule has 2 aromatic carbocycles. The van der Waals surface area contributed by atoms with E-state index in [9.17, 15) is 0 Å². The minimum atomic E-state index is 0.280. The largest absolute Gasteiger partial charge is 0.488 e. The van der Waals surface area contributed by atoms with Crippen molar-refractivity contribution >= 4 is 40.4 Å². The van der Waals surface area contributed by atoms with Gasteiger partial charge in [0.2, 0.25) is 0 Å². The van der Waals surface area contributed by atoms with Gasteiger partial charge in [-0.25, -0.2) is 0 Å². The number of hydrogen-bond donors (Lipinski definition) is 1. The zero-order valence-corrected chi connectivity index (χ0v) is 12.2. The number of nitrogens with two attached hydrogens (primary N) is 1. The average molecular weight is 312 g/mol. The summed E-state index contributed by atoms with van der Waals surface area (Å²) in [5.41, 5.74) is 7.32. The van der Waals surface area contributed by atoms with Gasteiger partial charge < -0.3 is 10.5 Å². The van der Waals surface area contributed by atoms with Gasteiger partial charge in [0.1, 0.15) is 17.3 Å². The van der Waals surface area contributed by atoms with E-state index in [0.29, 0.717) is 28.0 Å². The zero-order chi connectivity index (χ0) is 13.8. The zero-order valence-electron chi connectivity index (χ0n) is 9.90. The van der Waals surface area contributed by atoms with Crippen molar-refractivity contribution in [2.75, 3.05) is 0 Å². The third-order valence-electron chi connectivity index (χ3n) is 2.52. The van der Waals surface area contributed by atoms with E-state index in [1.165, 1.54) is 0 Å². The first kappa shape index (κ1) is 14.1. The third-order valence-corrected chi connectivity index (χ3v) is 3.22. The Morgan fingerprint density at radius 3 is 2.32 bits per heavy atom. The van der Waals surface area contributed by atoms with Crippen LogP contribution < -0.4 is 10.5 Å². The minimum absolute atomic E-state index is 0.280. The van der Waals surface area contributed by atoms with E-state index in [4.69, 9.17) is 45.9 Å². The minimum Gasteiger partial charge on any atom is -0.488 e. The first-order valence-corrected chi connectivity index (χ1v) is 6.69. The molecule has 0 bridgehead atoms. The maximum atomic E-state index is 5.94. The van der Waals surface area contributed by atoms with Crippen molar-refractivity contribution in [3.8, 4) is 5.75 Å². The lowest BCUT2D eigenvalue weighted by Crippen LogP contribution is -2.11. The number of halogens is 2. The molecule has 0 fully saturated rings. The van der Waals surface area contributed by atoms with Crippen LogP contribution in [0.25, 0.3) is 0 Å². The van der Waals surface area contributed by atoms with Crippen molar-refractivity contribution in [3.63, 3.8) is 0 Å². The molecular formula is C14H11Cl2NOS. The third kappa shape index (κ3) is 3.83. The molecule has 2 N–H and O–H groups in total. The molecule has 2 nitrogen and oxygen atoms in total. The summed E-state index contributed by atoms with van der Waals surface area (Å²) in [7, 11) is 0. The molecule has 0 atom stereocenters. The smallest absolute Gasteiger partial charge is 0.131 e. The highest BCUT2D eigenvalue weighted by atomic mass is 35.5. The Morgan fingerprint density at radius 1 is 1.05 bits per heavy atom. The van der Waals surface area contributed by atoms with Gasteiger partial charge in [0.25, 0.3) is 0 Å². The van der Waals surface area contributed by atoms with E-state index in [2.05, 4.69) is 0 Å². The molecular weight excluding hydrogens is 301 g/mol. The van der Waals surface area contributed by atoms with Crippen molar-refractivity contribution in [2.45, 2.75) is 6.61 Å². The fourth-order valence-electron chi connectivity index (χ4n) is 1.56. The predicted octanol–water partition coefficient (Wildman–Crippen LogP) is 4.21. The highest BCUT2D eigenvalue weighted by Crippen LogP contribution is 2.24. The Labute approximate surface area is 127 Å². The summed E-state index contributed by atoms with van der Waals surface area (Å²) >= 11 is 16.7. The van der Waals surface area contributed by atoms with Crippen LogP contribution in [-0.4, -0.2) is 4.99 Å². The van der Waals surface area contributed by atoms with Gasteiger partial charge in [-0.15, -0.1) is 0 Å². The molecule has 2 aromatic rings. The lowest BCUT2D eigenvalue weighted by molar-refractivity contribution is 0.306. The van der Waals surface area contributed by atoms with Crippen LogP contribution in [0.15, 0.2) is 42.5 Å². The Hall–Kier alpha value is -1.29. The van der Waals surface area contributed by atoms with Gasteiger partial charge in [-0.3, -0.25) is 0 Å². The quantitative estimate of drug-likeness (QED) is 0.859. The molecule has 98 valence electrons. The second-order valence-electron chi connectivity index (χ2n) is 3.92. The van der Waals surface area contributed by atoms with Crippen LogP contribution in [0.1, 0.15) is 11.1 Å². The van der Waals surface area contributed by atoms with Gasteiger partial charge in [0, 0.05) is 10.0 Å². The van der Waals surface area contributed by atoms with Crippen molar-refractivity contribution in [3.05, 3.63) is 63.6 Å². The Morgan fingerprint density at radius 2 is 1.68 bits per heavy atom. The molecule has 0 heterocycles. The van der Waals surface area contributed by atoms with E-state index in [1.807, 2.05) is 24.3 Å². The lowest BCUT2D eigenvalue weighted by Gasteiger charge is -2.11. The molecule has 0 aliphatic heterocycles. The molecule has 0 aliphatic carbocycles. The maximum Gasteiger partial charge on any atom is 0.131 e. The van der Waals surface area contributed by atoms with Gasteiger partial charge in [-0.05, 0) is 35.9 Å². The van der Waals surface area contributed by atoms with Crippen LogP contribution in [0.5, 0.6) is 5.75 Å². The number of rotatable bonds is 4. The molecule has 5 heteroatoms. The molecule has 0 spiro atoms. The molecule has 19 heavy (non-hydrogen) atoms. The van der Waals surface area contributed by atoms with Gasteiger partial charge in [0.15, 0.2) is 0 Å². The summed E-state index contributed by atoms with van der Waals surface area (Å²) in [5.74, 6) is 0.579. The van der Waals surface area contributed by atoms with Crippen LogP contribution in [0.3, 0.4) is 0 Å². The summed E-state index contributed by atoms with van der Waals surface area (Å²) in [6.07, 6.45) is 0. The van der Waals surface area contributed by atoms with Crippen LogP contribution >= 0.6 is 35.4 Å². The highest BCUT2D eigenvalue weighted by Gasteiger charge is 2.07. The van der Waals surface area contributed by atoms with E-state index < -0.39 is 0 Å². The maximum absolute atomic E-state index is 5.94. The summed E-state index contributed by atoms with van der Waals surface area (Å²) in [6, 6.07) is 12.6. The molecule has 0 unspecified atom stereocenters. The normalized spacial score (nSPS) is 10.2. The first-order chi connectivity index (χ1) is 9.06. The van der Waals surface area contributed by atoms with Gasteiger partial charge in [-0.1, -0.05) is 47.6 Å². The van der Waals surface area contributed by atoms with Crippen LogP contribution in [0, 0.1) is 0 Å². The van der Waals surface area contributed by atoms with Gasteiger partial charge in [-0.2, -0.15) is 0 Å². The summed E-state index contributed by atoms with van der Waals surface area (Å²) in [5, 5.41) is 1.27. The first-order valence-electron chi connectivity index (χ1n) is 5.53. The Balaban J connectivity index is 2.16. The Kier molecular flexibility index (Phi) is 4.64. The lowest BCUT2D eigenvalue weighted by atomic mass is 10.2. The van der Waals surface area contributed by atoms with E-state index in [-0.39, 0.29) is 4.99 Å². The van der Waals surface area contributed by atoms with Crippen molar-refractivity contribution < 1.29 is 4.74 Å². The number of ether oxygens (including phenoxy) is 1. The molecule has 0 saturated carbocycles. The monoisotopic (exact) mass is 311 g/mol. The molecule has 2 rings (SSSR count). The van der Waals surface area contributed by atoms with Crippen molar-refractivity contribution in [1.82, 2.24) is 0 Å². The van der Waals surface area contributed by atoms with E-state index in [0.717, 1.165) is 5.56 Å². The number of thiocarbonyl (C=S) groups is 1. The molecule has 0 radical (unpaired) electrons. The van der Waals surface area contributed by atoms with Crippen LogP contribution in [-0.2, 0) is 6.61 Å². The summed E-state index contributed by atoms with van der Waals surface area (Å²) < 4.78 is 5.71.